The van der Waals surface area contributed by atoms with Gasteiger partial charge in [0.25, 0.3) is 0 Å². The number of nitrogens with one attached hydrogen (secondary N) is 1. The number of benzene rings is 1. The van der Waals surface area contributed by atoms with Crippen LogP contribution in [0.3, 0.4) is 0 Å². The van der Waals surface area contributed by atoms with Gasteiger partial charge < -0.3 is 24.6 Å². The number of halogens is 3. The fourth-order valence-electron chi connectivity index (χ4n) is 3.86. The fourth-order valence-corrected chi connectivity index (χ4v) is 3.86. The number of aromatic nitrogens is 2. The largest absolute Gasteiger partial charge is 0.490 e. The van der Waals surface area contributed by atoms with Gasteiger partial charge in [-0.15, -0.1) is 0 Å². The van der Waals surface area contributed by atoms with Gasteiger partial charge in [0.05, 0.1) is 18.8 Å². The average Bonchev–Trinajstić information content (AvgIpc) is 2.70. The van der Waals surface area contributed by atoms with Crippen LogP contribution in [0, 0.1) is 24.4 Å². The molecule has 1 saturated carbocycles. The number of carbonyl (C=O) groups is 1. The molecule has 1 fully saturated rings. The molecule has 1 aliphatic carbocycles. The Labute approximate surface area is 183 Å². The van der Waals surface area contributed by atoms with Gasteiger partial charge in [0.15, 0.2) is 23.3 Å². The van der Waals surface area contributed by atoms with Crippen molar-refractivity contribution >= 4 is 23.4 Å². The summed E-state index contributed by atoms with van der Waals surface area (Å²) in [5.41, 5.74) is 1.33. The minimum absolute atomic E-state index is 0.00714. The smallest absolute Gasteiger partial charge is 0.246 e. The molecule has 2 aliphatic rings. The number of aryl methyl sites for hydroxylation is 1. The minimum atomic E-state index is -1.52. The van der Waals surface area contributed by atoms with E-state index in [4.69, 9.17) is 9.47 Å². The molecule has 1 aromatic heterocycles. The number of rotatable bonds is 7. The zero-order chi connectivity index (χ0) is 23.0. The summed E-state index contributed by atoms with van der Waals surface area (Å²) in [5, 5.41) is 3.24. The molecule has 8 nitrogen and oxygen atoms in total. The van der Waals surface area contributed by atoms with Crippen LogP contribution in [-0.4, -0.2) is 61.9 Å². The lowest BCUT2D eigenvalue weighted by Crippen LogP contribution is -2.47. The summed E-state index contributed by atoms with van der Waals surface area (Å²) in [7, 11) is 3.38. The van der Waals surface area contributed by atoms with Gasteiger partial charge in [0, 0.05) is 51.7 Å². The van der Waals surface area contributed by atoms with E-state index in [-0.39, 0.29) is 30.3 Å². The first-order chi connectivity index (χ1) is 15.3. The maximum atomic E-state index is 13.3. The Kier molecular flexibility index (Phi) is 6.09. The first-order valence-corrected chi connectivity index (χ1v) is 10.2. The van der Waals surface area contributed by atoms with Crippen LogP contribution < -0.4 is 19.9 Å². The Morgan fingerprint density at radius 1 is 1.19 bits per heavy atom. The number of carbonyl (C=O) groups excluding carboxylic acids is 1. The Morgan fingerprint density at radius 2 is 1.88 bits per heavy atom. The lowest BCUT2D eigenvalue weighted by Gasteiger charge is -2.37. The van der Waals surface area contributed by atoms with Gasteiger partial charge in [-0.2, -0.15) is 4.98 Å². The number of anilines is 3. The first-order valence-electron chi connectivity index (χ1n) is 10.2. The lowest BCUT2D eigenvalue weighted by molar-refractivity contribution is -0.117. The van der Waals surface area contributed by atoms with Crippen LogP contribution >= 0.6 is 0 Å². The molecule has 1 aliphatic heterocycles. The zero-order valence-electron chi connectivity index (χ0n) is 18.0. The molecule has 172 valence electrons. The second-order valence-electron chi connectivity index (χ2n) is 7.95. The third kappa shape index (κ3) is 4.29. The highest BCUT2D eigenvalue weighted by molar-refractivity contribution is 6.03. The molecule has 4 rings (SSSR count). The van der Waals surface area contributed by atoms with Crippen LogP contribution in [0.1, 0.15) is 18.5 Å². The molecule has 32 heavy (non-hydrogen) atoms. The Balaban J connectivity index is 1.41. The van der Waals surface area contributed by atoms with Crippen molar-refractivity contribution in [2.75, 3.05) is 49.0 Å². The molecule has 11 heteroatoms. The molecule has 2 aromatic rings. The highest BCUT2D eigenvalue weighted by Crippen LogP contribution is 2.35. The van der Waals surface area contributed by atoms with Crippen molar-refractivity contribution in [3.63, 3.8) is 0 Å². The van der Waals surface area contributed by atoms with Gasteiger partial charge in [-0.3, -0.25) is 4.79 Å². The number of hydrogen-bond acceptors (Lipinski definition) is 7. The van der Waals surface area contributed by atoms with Gasteiger partial charge in [-0.1, -0.05) is 0 Å². The van der Waals surface area contributed by atoms with Gasteiger partial charge in [-0.25, -0.2) is 18.2 Å². The number of methoxy groups -OCH3 is 1. The second kappa shape index (κ2) is 8.81. The van der Waals surface area contributed by atoms with E-state index in [1.54, 1.807) is 24.0 Å². The monoisotopic (exact) mass is 451 g/mol. The number of likely N-dealkylation sites (N-methyl/N-ethyl adjacent to an activating group) is 1. The number of nitrogens with zero attached hydrogens (tertiary/aromatic N) is 4. The predicted molar refractivity (Wildman–Crippen MR) is 112 cm³/mol. The summed E-state index contributed by atoms with van der Waals surface area (Å²) in [6.07, 6.45) is 0.864. The maximum absolute atomic E-state index is 13.3. The van der Waals surface area contributed by atoms with Crippen molar-refractivity contribution in [1.82, 2.24) is 9.97 Å². The van der Waals surface area contributed by atoms with Crippen molar-refractivity contribution in [2.45, 2.75) is 31.9 Å². The number of hydrogen-bond donors (Lipinski definition) is 1. The zero-order valence-corrected chi connectivity index (χ0v) is 18.0. The second-order valence-corrected chi connectivity index (χ2v) is 7.95. The molecule has 0 saturated heterocycles. The van der Waals surface area contributed by atoms with Crippen LogP contribution in [0.5, 0.6) is 5.75 Å². The van der Waals surface area contributed by atoms with E-state index in [0.29, 0.717) is 49.1 Å². The van der Waals surface area contributed by atoms with E-state index in [1.165, 1.54) is 0 Å². The van der Waals surface area contributed by atoms with Gasteiger partial charge in [-0.05, 0) is 6.92 Å². The van der Waals surface area contributed by atoms with E-state index < -0.39 is 17.5 Å². The summed E-state index contributed by atoms with van der Waals surface area (Å²) in [6.45, 7) is 2.85. The molecule has 2 heterocycles. The van der Waals surface area contributed by atoms with Crippen molar-refractivity contribution in [2.24, 2.45) is 0 Å². The van der Waals surface area contributed by atoms with Gasteiger partial charge in [0.2, 0.25) is 11.9 Å². The third-order valence-electron chi connectivity index (χ3n) is 5.55. The number of fused-ring (bicyclic) bond motifs is 1. The Morgan fingerprint density at radius 3 is 2.53 bits per heavy atom. The topological polar surface area (TPSA) is 79.8 Å². The van der Waals surface area contributed by atoms with Crippen LogP contribution in [0.25, 0.3) is 0 Å². The summed E-state index contributed by atoms with van der Waals surface area (Å²) >= 11 is 0. The Bertz CT molecular complexity index is 1010. The van der Waals surface area contributed by atoms with E-state index in [9.17, 15) is 18.0 Å². The van der Waals surface area contributed by atoms with E-state index in [2.05, 4.69) is 15.3 Å². The standard InChI is InChI=1S/C21H24F3N5O3/c1-11-19-20(28(2)10-17(30)29(19)4-5-31-3)27-21(25-11)26-12-6-13(7-12)32-14-8-15(22)18(24)16(23)9-14/h8-9,12-13H,4-7,10H2,1-3H3,(H,25,26,27). The third-order valence-corrected chi connectivity index (χ3v) is 5.55. The molecule has 0 radical (unpaired) electrons. The predicted octanol–water partition coefficient (Wildman–Crippen LogP) is 2.65. The first kappa shape index (κ1) is 22.1. The molecular weight excluding hydrogens is 427 g/mol. The van der Waals surface area contributed by atoms with Crippen LogP contribution in [0.2, 0.25) is 0 Å². The van der Waals surface area contributed by atoms with E-state index in [1.807, 2.05) is 6.92 Å². The summed E-state index contributed by atoms with van der Waals surface area (Å²) in [6, 6.07) is 1.68. The number of ether oxygens (including phenoxy) is 2. The van der Waals surface area contributed by atoms with Gasteiger partial charge in [0.1, 0.15) is 17.5 Å². The maximum Gasteiger partial charge on any atom is 0.246 e. The van der Waals surface area contributed by atoms with Crippen LogP contribution in [-0.2, 0) is 9.53 Å². The molecular formula is C21H24F3N5O3. The Hall–Kier alpha value is -3.08. The van der Waals surface area contributed by atoms with Crippen molar-refractivity contribution in [1.29, 1.82) is 0 Å². The molecule has 0 atom stereocenters. The van der Waals surface area contributed by atoms with Gasteiger partial charge >= 0.3 is 0 Å². The molecule has 0 bridgehead atoms. The summed E-state index contributed by atoms with van der Waals surface area (Å²) in [4.78, 5) is 25.0. The molecule has 1 N–H and O–H groups in total. The molecule has 0 spiro atoms. The van der Waals surface area contributed by atoms with Crippen LogP contribution in [0.15, 0.2) is 12.1 Å². The molecule has 0 unspecified atom stereocenters. The highest BCUT2D eigenvalue weighted by Gasteiger charge is 2.34. The molecule has 1 aromatic carbocycles. The molecule has 1 amide bonds. The van der Waals surface area contributed by atoms with Crippen molar-refractivity contribution < 1.29 is 27.4 Å². The highest BCUT2D eigenvalue weighted by atomic mass is 19.2. The average molecular weight is 451 g/mol. The quantitative estimate of drug-likeness (QED) is 0.649. The lowest BCUT2D eigenvalue weighted by atomic mass is 9.89. The summed E-state index contributed by atoms with van der Waals surface area (Å²) < 4.78 is 50.4. The SMILES string of the molecule is COCCN1C(=O)CN(C)c2nc(NC3CC(Oc4cc(F)c(F)c(F)c4)C3)nc(C)c21. The minimum Gasteiger partial charge on any atom is -0.490 e. The summed E-state index contributed by atoms with van der Waals surface area (Å²) in [5.74, 6) is -3.09. The van der Waals surface area contributed by atoms with Crippen molar-refractivity contribution in [3.05, 3.63) is 35.3 Å². The van der Waals surface area contributed by atoms with E-state index >= 15 is 0 Å². The fraction of sp³-hybridized carbons (Fsp3) is 0.476. The van der Waals surface area contributed by atoms with E-state index in [0.717, 1.165) is 12.1 Å². The normalized spacial score (nSPS) is 20.1. The van der Waals surface area contributed by atoms with Crippen LogP contribution in [0.4, 0.5) is 30.6 Å². The van der Waals surface area contributed by atoms with Crippen molar-refractivity contribution in [3.8, 4) is 5.75 Å². The number of amides is 1.